The van der Waals surface area contributed by atoms with E-state index in [2.05, 4.69) is 46.8 Å². The zero-order chi connectivity index (χ0) is 17.4. The first-order valence-electron chi connectivity index (χ1n) is 10.8. The van der Waals surface area contributed by atoms with Crippen molar-refractivity contribution in [2.24, 2.45) is 28.6 Å². The number of unbranched alkanes of at least 4 members (excludes halogenated alkanes) is 1. The average Bonchev–Trinajstić information content (AvgIpc) is 2.97. The van der Waals surface area contributed by atoms with E-state index in [1.54, 1.807) is 11.1 Å². The number of allylic oxidation sites excluding steroid dienone is 4. The third-order valence-corrected chi connectivity index (χ3v) is 8.25. The van der Waals surface area contributed by atoms with E-state index < -0.39 is 0 Å². The van der Waals surface area contributed by atoms with Gasteiger partial charge < -0.3 is 0 Å². The molecule has 0 nitrogen and oxygen atoms in total. The smallest absolute Gasteiger partial charge is 0.00443 e. The summed E-state index contributed by atoms with van der Waals surface area (Å²) in [6.07, 6.45) is 19.4. The molecule has 2 fully saturated rings. The molecular weight excluding hydrogens is 288 g/mol. The highest BCUT2D eigenvalue weighted by molar-refractivity contribution is 5.36. The first kappa shape index (κ1) is 18.3. The summed E-state index contributed by atoms with van der Waals surface area (Å²) < 4.78 is 0. The van der Waals surface area contributed by atoms with E-state index in [0.29, 0.717) is 10.8 Å². The van der Waals surface area contributed by atoms with Gasteiger partial charge in [-0.3, -0.25) is 0 Å². The van der Waals surface area contributed by atoms with Crippen LogP contribution in [0.5, 0.6) is 0 Å². The highest BCUT2D eigenvalue weighted by atomic mass is 14.6. The van der Waals surface area contributed by atoms with Gasteiger partial charge in [0.05, 0.1) is 0 Å². The third-order valence-electron chi connectivity index (χ3n) is 8.25. The van der Waals surface area contributed by atoms with Gasteiger partial charge in [0.15, 0.2) is 0 Å². The Balaban J connectivity index is 0.000000383. The zero-order valence-electron chi connectivity index (χ0n) is 17.0. The quantitative estimate of drug-likeness (QED) is 0.462. The Hall–Kier alpha value is -0.520. The number of hydrogen-bond acceptors (Lipinski definition) is 0. The minimum Gasteiger partial charge on any atom is -0.0805 e. The fourth-order valence-corrected chi connectivity index (χ4v) is 6.46. The molecule has 4 aliphatic rings. The summed E-state index contributed by atoms with van der Waals surface area (Å²) >= 11 is 0. The van der Waals surface area contributed by atoms with Gasteiger partial charge in [-0.1, -0.05) is 64.7 Å². The molecule has 0 radical (unpaired) electrons. The van der Waals surface area contributed by atoms with Crippen molar-refractivity contribution < 1.29 is 0 Å². The lowest BCUT2D eigenvalue weighted by atomic mass is 9.49. The molecular formula is C24H40. The molecule has 24 heavy (non-hydrogen) atoms. The van der Waals surface area contributed by atoms with Gasteiger partial charge in [0.2, 0.25) is 0 Å². The summed E-state index contributed by atoms with van der Waals surface area (Å²) in [4.78, 5) is 0. The van der Waals surface area contributed by atoms with Crippen LogP contribution >= 0.6 is 0 Å². The molecule has 0 aromatic rings. The molecule has 0 heteroatoms. The van der Waals surface area contributed by atoms with Crippen molar-refractivity contribution in [2.45, 2.75) is 98.8 Å². The maximum atomic E-state index is 2.63. The van der Waals surface area contributed by atoms with E-state index in [-0.39, 0.29) is 0 Å². The summed E-state index contributed by atoms with van der Waals surface area (Å²) in [5, 5.41) is 0. The maximum Gasteiger partial charge on any atom is -0.00443 e. The van der Waals surface area contributed by atoms with Crippen LogP contribution in [0.15, 0.2) is 23.3 Å². The van der Waals surface area contributed by atoms with E-state index >= 15 is 0 Å². The van der Waals surface area contributed by atoms with Gasteiger partial charge in [0.25, 0.3) is 0 Å². The zero-order valence-corrected chi connectivity index (χ0v) is 17.0. The lowest BCUT2D eigenvalue weighted by molar-refractivity contribution is -0.0183. The summed E-state index contributed by atoms with van der Waals surface area (Å²) in [6, 6.07) is 0. The van der Waals surface area contributed by atoms with Crippen molar-refractivity contribution in [3.8, 4) is 0 Å². The average molecular weight is 329 g/mol. The Kier molecular flexibility index (Phi) is 5.33. The van der Waals surface area contributed by atoms with E-state index in [4.69, 9.17) is 0 Å². The maximum absolute atomic E-state index is 2.63. The molecule has 3 unspecified atom stereocenters. The molecule has 0 spiro atoms. The molecule has 0 aromatic heterocycles. The predicted molar refractivity (Wildman–Crippen MR) is 106 cm³/mol. The van der Waals surface area contributed by atoms with Crippen molar-refractivity contribution >= 4 is 0 Å². The number of hydrogen-bond donors (Lipinski definition) is 0. The first-order valence-corrected chi connectivity index (χ1v) is 10.8. The second-order valence-electron chi connectivity index (χ2n) is 9.77. The van der Waals surface area contributed by atoms with Gasteiger partial charge in [0.1, 0.15) is 0 Å². The molecule has 0 bridgehead atoms. The van der Waals surface area contributed by atoms with Crippen LogP contribution in [0, 0.1) is 28.6 Å². The predicted octanol–water partition coefficient (Wildman–Crippen LogP) is 7.70. The van der Waals surface area contributed by atoms with Crippen LogP contribution in [0.25, 0.3) is 0 Å². The standard InChI is InChI=1S/C20H30.C4H10/c1-14-8-12-20(3)15(13-14)6-7-16-17-5-4-10-19(17,2)11-9-18(16)20;1-3-4-2/h6,13,16-18H,4-5,7-12H2,1-3H3;3-4H2,1-2H3/t16?,17?,18?,19-,20-;/m0./s1. The summed E-state index contributed by atoms with van der Waals surface area (Å²) in [5.74, 6) is 3.00. The molecule has 5 atom stereocenters. The van der Waals surface area contributed by atoms with E-state index in [9.17, 15) is 0 Å². The molecule has 4 aliphatic carbocycles. The topological polar surface area (TPSA) is 0 Å². The van der Waals surface area contributed by atoms with Crippen LogP contribution in [0.2, 0.25) is 0 Å². The van der Waals surface area contributed by atoms with Crippen molar-refractivity contribution in [3.63, 3.8) is 0 Å². The van der Waals surface area contributed by atoms with Crippen molar-refractivity contribution in [1.29, 1.82) is 0 Å². The van der Waals surface area contributed by atoms with Crippen LogP contribution in [0.1, 0.15) is 98.8 Å². The fraction of sp³-hybridized carbons (Fsp3) is 0.833. The fourth-order valence-electron chi connectivity index (χ4n) is 6.46. The lowest BCUT2D eigenvalue weighted by Gasteiger charge is -2.56. The molecule has 2 saturated carbocycles. The second-order valence-corrected chi connectivity index (χ2v) is 9.77. The van der Waals surface area contributed by atoms with Crippen LogP contribution in [-0.2, 0) is 0 Å². The molecule has 4 rings (SSSR count). The van der Waals surface area contributed by atoms with Crippen molar-refractivity contribution in [1.82, 2.24) is 0 Å². The van der Waals surface area contributed by atoms with Crippen molar-refractivity contribution in [3.05, 3.63) is 23.3 Å². The van der Waals surface area contributed by atoms with Gasteiger partial charge in [-0.05, 0) is 86.0 Å². The third kappa shape index (κ3) is 3.04. The van der Waals surface area contributed by atoms with Gasteiger partial charge in [-0.15, -0.1) is 0 Å². The minimum atomic E-state index is 0.506. The van der Waals surface area contributed by atoms with Gasteiger partial charge in [0, 0.05) is 0 Å². The molecule has 0 aliphatic heterocycles. The molecule has 0 aromatic carbocycles. The Morgan fingerprint density at radius 2 is 1.75 bits per heavy atom. The van der Waals surface area contributed by atoms with E-state index in [1.165, 1.54) is 64.2 Å². The van der Waals surface area contributed by atoms with Gasteiger partial charge >= 0.3 is 0 Å². The lowest BCUT2D eigenvalue weighted by Crippen LogP contribution is -2.47. The highest BCUT2D eigenvalue weighted by Crippen LogP contribution is 2.64. The van der Waals surface area contributed by atoms with Crippen LogP contribution in [-0.4, -0.2) is 0 Å². The second kappa shape index (κ2) is 7.00. The highest BCUT2D eigenvalue weighted by Gasteiger charge is 2.54. The molecule has 0 N–H and O–H groups in total. The first-order chi connectivity index (χ1) is 11.4. The summed E-state index contributed by atoms with van der Waals surface area (Å²) in [6.45, 7) is 11.9. The largest absolute Gasteiger partial charge is 0.0805 e. The minimum absolute atomic E-state index is 0.506. The van der Waals surface area contributed by atoms with Gasteiger partial charge in [-0.2, -0.15) is 0 Å². The van der Waals surface area contributed by atoms with Crippen LogP contribution in [0.3, 0.4) is 0 Å². The SMILES string of the molecule is CC1=CC2=CCC3C4CCC[C@@]4(C)CCC3[C@@]2(C)CC1.CCCC. The molecule has 0 heterocycles. The molecule has 136 valence electrons. The van der Waals surface area contributed by atoms with E-state index in [1.807, 2.05) is 0 Å². The Morgan fingerprint density at radius 3 is 2.46 bits per heavy atom. The Labute approximate surface area is 151 Å². The number of rotatable bonds is 1. The molecule has 0 amide bonds. The van der Waals surface area contributed by atoms with Gasteiger partial charge in [-0.25, -0.2) is 0 Å². The Morgan fingerprint density at radius 1 is 1.00 bits per heavy atom. The normalized spacial score (nSPS) is 43.5. The monoisotopic (exact) mass is 328 g/mol. The van der Waals surface area contributed by atoms with Crippen LogP contribution in [0.4, 0.5) is 0 Å². The van der Waals surface area contributed by atoms with Crippen molar-refractivity contribution in [2.75, 3.05) is 0 Å². The number of fused-ring (bicyclic) bond motifs is 5. The Bertz CT molecular complexity index is 508. The van der Waals surface area contributed by atoms with Crippen LogP contribution < -0.4 is 0 Å². The summed E-state index contributed by atoms with van der Waals surface area (Å²) in [5.41, 5.74) is 4.51. The summed E-state index contributed by atoms with van der Waals surface area (Å²) in [7, 11) is 0. The molecule has 0 saturated heterocycles. The van der Waals surface area contributed by atoms with E-state index in [0.717, 1.165) is 17.8 Å².